The summed E-state index contributed by atoms with van der Waals surface area (Å²) in [5, 5.41) is 12.1. The van der Waals surface area contributed by atoms with Gasteiger partial charge in [0.15, 0.2) is 4.34 Å². The predicted molar refractivity (Wildman–Crippen MR) is 84.3 cm³/mol. The maximum absolute atomic E-state index is 11.5. The largest absolute Gasteiger partial charge is 0.465 e. The first-order chi connectivity index (χ1) is 10.1. The van der Waals surface area contributed by atoms with E-state index >= 15 is 0 Å². The lowest BCUT2D eigenvalue weighted by Gasteiger charge is -2.08. The summed E-state index contributed by atoms with van der Waals surface area (Å²) in [6, 6.07) is 6.11. The normalized spacial score (nSPS) is 17.8. The molecule has 1 aliphatic heterocycles. The minimum absolute atomic E-state index is 0.147. The van der Waals surface area contributed by atoms with Gasteiger partial charge in [0.2, 0.25) is 5.13 Å². The van der Waals surface area contributed by atoms with Crippen molar-refractivity contribution in [3.05, 3.63) is 29.3 Å². The number of rotatable bonds is 4. The van der Waals surface area contributed by atoms with Crippen LogP contribution in [0.15, 0.2) is 22.5 Å². The van der Waals surface area contributed by atoms with Crippen LogP contribution >= 0.6 is 23.1 Å². The SMILES string of the molecule is Cc1cccc(Nc2nnc(S[C@H]3CCOC3=O)s2)c1C. The zero-order valence-electron chi connectivity index (χ0n) is 11.8. The standard InChI is InChI=1S/C14H15N3O2S2/c1-8-4-3-5-10(9(8)2)15-13-16-17-14(21-13)20-11-6-7-19-12(11)18/h3-5,11H,6-7H2,1-2H3,(H,15,16)/t11-/m0/s1. The lowest BCUT2D eigenvalue weighted by Crippen LogP contribution is -2.08. The Kier molecular flexibility index (Phi) is 4.12. The van der Waals surface area contributed by atoms with E-state index in [-0.39, 0.29) is 11.2 Å². The van der Waals surface area contributed by atoms with Gasteiger partial charge in [-0.1, -0.05) is 35.2 Å². The number of carbonyl (C=O) groups excluding carboxylic acids is 1. The van der Waals surface area contributed by atoms with E-state index in [1.807, 2.05) is 12.1 Å². The Bertz CT molecular complexity index is 672. The third-order valence-electron chi connectivity index (χ3n) is 3.38. The third kappa shape index (κ3) is 3.19. The van der Waals surface area contributed by atoms with Crippen LogP contribution in [0, 0.1) is 13.8 Å². The smallest absolute Gasteiger partial charge is 0.319 e. The van der Waals surface area contributed by atoms with E-state index in [1.54, 1.807) is 0 Å². The number of carbonyl (C=O) groups is 1. The van der Waals surface area contributed by atoms with Gasteiger partial charge in [0, 0.05) is 12.1 Å². The topological polar surface area (TPSA) is 64.1 Å². The minimum Gasteiger partial charge on any atom is -0.465 e. The van der Waals surface area contributed by atoms with Crippen LogP contribution in [-0.2, 0) is 9.53 Å². The van der Waals surface area contributed by atoms with Crippen molar-refractivity contribution in [3.63, 3.8) is 0 Å². The molecule has 1 aromatic heterocycles. The Morgan fingerprint density at radius 2 is 2.24 bits per heavy atom. The van der Waals surface area contributed by atoms with Gasteiger partial charge in [-0.25, -0.2) is 0 Å². The van der Waals surface area contributed by atoms with Crippen LogP contribution in [-0.4, -0.2) is 28.0 Å². The second-order valence-corrected chi connectivity index (χ2v) is 7.24. The Labute approximate surface area is 131 Å². The number of thioether (sulfide) groups is 1. The van der Waals surface area contributed by atoms with Crippen LogP contribution < -0.4 is 5.32 Å². The molecule has 110 valence electrons. The number of nitrogens with one attached hydrogen (secondary N) is 1. The Morgan fingerprint density at radius 1 is 1.38 bits per heavy atom. The number of hydrogen-bond acceptors (Lipinski definition) is 7. The van der Waals surface area contributed by atoms with Gasteiger partial charge in [0.05, 0.1) is 6.61 Å². The Morgan fingerprint density at radius 3 is 3.00 bits per heavy atom. The summed E-state index contributed by atoms with van der Waals surface area (Å²) in [5.74, 6) is -0.153. The molecular weight excluding hydrogens is 306 g/mol. The first-order valence-corrected chi connectivity index (χ1v) is 8.33. The second kappa shape index (κ2) is 6.03. The molecule has 1 aliphatic rings. The lowest BCUT2D eigenvalue weighted by atomic mass is 10.1. The molecule has 0 amide bonds. The summed E-state index contributed by atoms with van der Waals surface area (Å²) in [7, 11) is 0. The van der Waals surface area contributed by atoms with Crippen LogP contribution in [0.5, 0.6) is 0 Å². The van der Waals surface area contributed by atoms with Gasteiger partial charge in [-0.15, -0.1) is 10.2 Å². The first kappa shape index (κ1) is 14.3. The van der Waals surface area contributed by atoms with Gasteiger partial charge in [-0.3, -0.25) is 4.79 Å². The van der Waals surface area contributed by atoms with Gasteiger partial charge < -0.3 is 10.1 Å². The highest BCUT2D eigenvalue weighted by atomic mass is 32.2. The fraction of sp³-hybridized carbons (Fsp3) is 0.357. The van der Waals surface area contributed by atoms with E-state index in [0.717, 1.165) is 21.6 Å². The van der Waals surface area contributed by atoms with Crippen molar-refractivity contribution in [3.8, 4) is 0 Å². The molecular formula is C14H15N3O2S2. The monoisotopic (exact) mass is 321 g/mol. The third-order valence-corrected chi connectivity index (χ3v) is 5.55. The molecule has 21 heavy (non-hydrogen) atoms. The Balaban J connectivity index is 1.70. The first-order valence-electron chi connectivity index (χ1n) is 6.63. The second-order valence-electron chi connectivity index (χ2n) is 4.81. The summed E-state index contributed by atoms with van der Waals surface area (Å²) in [5.41, 5.74) is 3.46. The van der Waals surface area contributed by atoms with Gasteiger partial charge >= 0.3 is 5.97 Å². The highest BCUT2D eigenvalue weighted by Gasteiger charge is 2.28. The lowest BCUT2D eigenvalue weighted by molar-refractivity contribution is -0.137. The molecule has 1 saturated heterocycles. The fourth-order valence-corrected chi connectivity index (χ4v) is 3.99. The molecule has 3 rings (SSSR count). The zero-order chi connectivity index (χ0) is 14.8. The average Bonchev–Trinajstić information content (AvgIpc) is 3.06. The van der Waals surface area contributed by atoms with Crippen LogP contribution in [0.4, 0.5) is 10.8 Å². The van der Waals surface area contributed by atoms with Crippen molar-refractivity contribution in [1.29, 1.82) is 0 Å². The summed E-state index contributed by atoms with van der Waals surface area (Å²) in [4.78, 5) is 11.5. The maximum Gasteiger partial charge on any atom is 0.319 e. The minimum atomic E-state index is -0.153. The van der Waals surface area contributed by atoms with Crippen molar-refractivity contribution >= 4 is 39.9 Å². The molecule has 1 fully saturated rings. The molecule has 1 aromatic carbocycles. The van der Waals surface area contributed by atoms with E-state index in [9.17, 15) is 4.79 Å². The summed E-state index contributed by atoms with van der Waals surface area (Å²) in [6.45, 7) is 4.65. The molecule has 0 radical (unpaired) electrons. The summed E-state index contributed by atoms with van der Waals surface area (Å²) >= 11 is 2.88. The van der Waals surface area contributed by atoms with Crippen LogP contribution in [0.3, 0.4) is 0 Å². The molecule has 2 heterocycles. The quantitative estimate of drug-likeness (QED) is 0.872. The molecule has 1 atom stereocenters. The number of aryl methyl sites for hydroxylation is 1. The highest BCUT2D eigenvalue weighted by Crippen LogP contribution is 2.34. The number of anilines is 2. The molecule has 2 aromatic rings. The van der Waals surface area contributed by atoms with E-state index in [1.165, 1.54) is 34.2 Å². The van der Waals surface area contributed by atoms with Crippen LogP contribution in [0.2, 0.25) is 0 Å². The summed E-state index contributed by atoms with van der Waals surface area (Å²) < 4.78 is 5.73. The van der Waals surface area contributed by atoms with Crippen molar-refractivity contribution in [1.82, 2.24) is 10.2 Å². The maximum atomic E-state index is 11.5. The molecule has 0 unspecified atom stereocenters. The summed E-state index contributed by atoms with van der Waals surface area (Å²) in [6.07, 6.45) is 0.739. The van der Waals surface area contributed by atoms with E-state index < -0.39 is 0 Å². The number of ether oxygens (including phenoxy) is 1. The number of aromatic nitrogens is 2. The van der Waals surface area contributed by atoms with Crippen molar-refractivity contribution in [2.75, 3.05) is 11.9 Å². The van der Waals surface area contributed by atoms with E-state index in [2.05, 4.69) is 35.4 Å². The van der Waals surface area contributed by atoms with Crippen LogP contribution in [0.25, 0.3) is 0 Å². The van der Waals surface area contributed by atoms with E-state index in [0.29, 0.717) is 6.61 Å². The molecule has 0 spiro atoms. The number of benzene rings is 1. The van der Waals surface area contributed by atoms with Gasteiger partial charge in [0.25, 0.3) is 0 Å². The molecule has 7 heteroatoms. The number of cyclic esters (lactones) is 1. The Hall–Kier alpha value is -1.60. The van der Waals surface area contributed by atoms with Crippen molar-refractivity contribution < 1.29 is 9.53 Å². The van der Waals surface area contributed by atoms with Gasteiger partial charge in [-0.2, -0.15) is 0 Å². The number of nitrogens with zero attached hydrogens (tertiary/aromatic N) is 2. The van der Waals surface area contributed by atoms with E-state index in [4.69, 9.17) is 4.74 Å². The highest BCUT2D eigenvalue weighted by molar-refractivity contribution is 8.02. The zero-order valence-corrected chi connectivity index (χ0v) is 13.4. The van der Waals surface area contributed by atoms with Crippen molar-refractivity contribution in [2.24, 2.45) is 0 Å². The molecule has 0 bridgehead atoms. The number of esters is 1. The van der Waals surface area contributed by atoms with Gasteiger partial charge in [-0.05, 0) is 31.0 Å². The van der Waals surface area contributed by atoms with Crippen molar-refractivity contribution in [2.45, 2.75) is 29.9 Å². The molecule has 1 N–H and O–H groups in total. The van der Waals surface area contributed by atoms with Crippen LogP contribution in [0.1, 0.15) is 17.5 Å². The predicted octanol–water partition coefficient (Wildman–Crippen LogP) is 3.31. The average molecular weight is 321 g/mol. The number of hydrogen-bond donors (Lipinski definition) is 1. The van der Waals surface area contributed by atoms with Gasteiger partial charge in [0.1, 0.15) is 5.25 Å². The molecule has 0 saturated carbocycles. The molecule has 5 nitrogen and oxygen atoms in total. The molecule has 0 aliphatic carbocycles. The fourth-order valence-electron chi connectivity index (χ4n) is 2.02.